The molecule has 4 nitrogen and oxygen atoms in total. The van der Waals surface area contributed by atoms with Gasteiger partial charge in [-0.15, -0.1) is 0 Å². The molecule has 0 spiro atoms. The number of nitrogens with zero attached hydrogens (tertiary/aromatic N) is 4. The van der Waals surface area contributed by atoms with Crippen molar-refractivity contribution in [1.82, 2.24) is 9.13 Å². The summed E-state index contributed by atoms with van der Waals surface area (Å²) in [6.07, 6.45) is 14.5. The van der Waals surface area contributed by atoms with Gasteiger partial charge < -0.3 is 18.9 Å². The minimum absolute atomic E-state index is 0.908. The van der Waals surface area contributed by atoms with Gasteiger partial charge in [0.15, 0.2) is 0 Å². The fourth-order valence-corrected chi connectivity index (χ4v) is 11.6. The molecule has 10 aromatic carbocycles. The van der Waals surface area contributed by atoms with Crippen molar-refractivity contribution in [3.8, 4) is 22.5 Å². The van der Waals surface area contributed by atoms with Gasteiger partial charge in [0.25, 0.3) is 0 Å². The number of hydrogen-bond donors (Lipinski definition) is 0. The predicted octanol–water partition coefficient (Wildman–Crippen LogP) is 18.6. The molecular formula is C69H50N4. The zero-order valence-corrected chi connectivity index (χ0v) is 40.3. The number of aryl methyl sites for hydroxylation is 1. The van der Waals surface area contributed by atoms with Crippen molar-refractivity contribution in [2.75, 3.05) is 9.80 Å². The van der Waals surface area contributed by atoms with Crippen LogP contribution in [0.2, 0.25) is 0 Å². The summed E-state index contributed by atoms with van der Waals surface area (Å²) in [5, 5.41) is 6.11. The van der Waals surface area contributed by atoms with Crippen LogP contribution in [-0.4, -0.2) is 9.13 Å². The largest absolute Gasteiger partial charge is 0.310 e. The Hall–Kier alpha value is -9.38. The molecule has 0 aliphatic heterocycles. The molecule has 0 saturated heterocycles. The van der Waals surface area contributed by atoms with Gasteiger partial charge >= 0.3 is 0 Å². The van der Waals surface area contributed by atoms with Crippen molar-refractivity contribution >= 4 is 89.8 Å². The molecule has 12 aromatic rings. The summed E-state index contributed by atoms with van der Waals surface area (Å²) >= 11 is 0. The molecule has 14 rings (SSSR count). The zero-order chi connectivity index (χ0) is 48.2. The second-order valence-corrected chi connectivity index (χ2v) is 19.1. The first-order valence-electron chi connectivity index (χ1n) is 25.5. The summed E-state index contributed by atoms with van der Waals surface area (Å²) in [6.45, 7) is 0. The molecule has 0 bridgehead atoms. The number of allylic oxidation sites excluding steroid dienone is 3. The highest BCUT2D eigenvalue weighted by Crippen LogP contribution is 2.45. The van der Waals surface area contributed by atoms with Crippen molar-refractivity contribution in [2.45, 2.75) is 19.3 Å². The fraction of sp³-hybridized carbons (Fsp3) is 0.0435. The highest BCUT2D eigenvalue weighted by Gasteiger charge is 2.24. The first-order valence-corrected chi connectivity index (χ1v) is 25.5. The Kier molecular flexibility index (Phi) is 10.4. The lowest BCUT2D eigenvalue weighted by Crippen LogP contribution is -2.18. The van der Waals surface area contributed by atoms with Crippen LogP contribution in [0.1, 0.15) is 35.2 Å². The van der Waals surface area contributed by atoms with Crippen LogP contribution >= 0.6 is 0 Å². The molecule has 0 saturated carbocycles. The first-order chi connectivity index (χ1) is 36.2. The van der Waals surface area contributed by atoms with Crippen molar-refractivity contribution in [1.29, 1.82) is 0 Å². The average molecular weight is 935 g/mol. The lowest BCUT2D eigenvalue weighted by Gasteiger charge is -2.31. The van der Waals surface area contributed by atoms with Gasteiger partial charge in [-0.25, -0.2) is 0 Å². The smallest absolute Gasteiger partial charge is 0.0542 e. The van der Waals surface area contributed by atoms with Crippen LogP contribution in [0.5, 0.6) is 0 Å². The van der Waals surface area contributed by atoms with Crippen LogP contribution in [0.15, 0.2) is 255 Å². The van der Waals surface area contributed by atoms with E-state index in [4.69, 9.17) is 0 Å². The molecule has 0 N–H and O–H groups in total. The highest BCUT2D eigenvalue weighted by molar-refractivity contribution is 6.11. The molecule has 73 heavy (non-hydrogen) atoms. The SMILES string of the molecule is C1=Cc2c(n(-c3ccccc3)c3ccc(N(c4ccc(-c5ccc(N(C6=CCCc7ccccc76)c6ccc7c(c6)c6ccccc6n7-c6ccccc6)cc5)cc4)c4cccc5ccccc45)cc23)C=CC1. The summed E-state index contributed by atoms with van der Waals surface area (Å²) in [4.78, 5) is 4.90. The van der Waals surface area contributed by atoms with E-state index < -0.39 is 0 Å². The normalized spacial score (nSPS) is 13.0. The number of hydrogen-bond acceptors (Lipinski definition) is 2. The van der Waals surface area contributed by atoms with Crippen LogP contribution in [0.25, 0.3) is 83.8 Å². The Morgan fingerprint density at radius 3 is 1.71 bits per heavy atom. The zero-order valence-electron chi connectivity index (χ0n) is 40.3. The maximum absolute atomic E-state index is 2.47. The summed E-state index contributed by atoms with van der Waals surface area (Å²) in [7, 11) is 0. The molecule has 0 fully saturated rings. The second-order valence-electron chi connectivity index (χ2n) is 19.1. The Balaban J connectivity index is 0.863. The van der Waals surface area contributed by atoms with Crippen LogP contribution in [-0.2, 0) is 6.42 Å². The number of aromatic nitrogens is 2. The second kappa shape index (κ2) is 17.8. The summed E-state index contributed by atoms with van der Waals surface area (Å²) in [5.74, 6) is 0. The highest BCUT2D eigenvalue weighted by atomic mass is 15.2. The number of benzene rings is 10. The molecule has 0 atom stereocenters. The number of rotatable bonds is 9. The molecule has 2 aliphatic rings. The molecule has 0 unspecified atom stereocenters. The van der Waals surface area contributed by atoms with Gasteiger partial charge in [-0.2, -0.15) is 0 Å². The predicted molar refractivity (Wildman–Crippen MR) is 309 cm³/mol. The molecule has 346 valence electrons. The Bertz CT molecular complexity index is 4150. The van der Waals surface area contributed by atoms with Gasteiger partial charge in [-0.3, -0.25) is 0 Å². The number of anilines is 5. The summed E-state index contributed by atoms with van der Waals surface area (Å²) in [6, 6.07) is 86.7. The van der Waals surface area contributed by atoms with E-state index in [1.54, 1.807) is 0 Å². The molecular weight excluding hydrogens is 885 g/mol. The maximum Gasteiger partial charge on any atom is 0.0542 e. The summed E-state index contributed by atoms with van der Waals surface area (Å²) < 4.78 is 4.79. The monoisotopic (exact) mass is 934 g/mol. The third-order valence-electron chi connectivity index (χ3n) is 14.9. The lowest BCUT2D eigenvalue weighted by atomic mass is 9.93. The standard InChI is InChI=1S/C69H50N4/c1-4-22-52(23-5-1)72-66-30-9-3-8-28-60(66)62-46-56(42-44-68(62)72)70(64-32-16-20-50-18-10-12-26-58(50)64)54-38-34-48(35-39-54)49-36-40-55(41-37-49)71(65-33-17-21-51-19-11-13-27-59(51)65)57-43-45-69-63(47-57)61-29-14-15-31-67(61)73(69)53-24-6-2-7-25-53/h1-2,4-16,18-20,22-47H,3,17,21H2. The Morgan fingerprint density at radius 2 is 0.945 bits per heavy atom. The molecule has 0 radical (unpaired) electrons. The van der Waals surface area contributed by atoms with Crippen molar-refractivity contribution in [3.63, 3.8) is 0 Å². The van der Waals surface area contributed by atoms with E-state index in [-0.39, 0.29) is 0 Å². The van der Waals surface area contributed by atoms with E-state index in [1.807, 2.05) is 0 Å². The van der Waals surface area contributed by atoms with Crippen LogP contribution in [0.4, 0.5) is 28.4 Å². The summed E-state index contributed by atoms with van der Waals surface area (Å²) in [5.41, 5.74) is 20.2. The minimum atomic E-state index is 0.908. The molecule has 2 aromatic heterocycles. The van der Waals surface area contributed by atoms with E-state index in [9.17, 15) is 0 Å². The molecule has 2 aliphatic carbocycles. The van der Waals surface area contributed by atoms with E-state index in [0.717, 1.165) is 70.2 Å². The number of para-hydroxylation sites is 3. The quantitative estimate of drug-likeness (QED) is 0.143. The van der Waals surface area contributed by atoms with E-state index in [2.05, 4.69) is 286 Å². The first kappa shape index (κ1) is 42.5. The van der Waals surface area contributed by atoms with E-state index >= 15 is 0 Å². The van der Waals surface area contributed by atoms with Gasteiger partial charge in [-0.1, -0.05) is 164 Å². The Morgan fingerprint density at radius 1 is 0.384 bits per heavy atom. The van der Waals surface area contributed by atoms with Crippen LogP contribution < -0.4 is 9.80 Å². The van der Waals surface area contributed by atoms with Crippen LogP contribution in [0, 0.1) is 0 Å². The Labute approximate surface area is 425 Å². The van der Waals surface area contributed by atoms with Crippen molar-refractivity contribution < 1.29 is 0 Å². The third kappa shape index (κ3) is 7.29. The van der Waals surface area contributed by atoms with Gasteiger partial charge in [0.2, 0.25) is 0 Å². The average Bonchev–Trinajstić information content (AvgIpc) is 3.83. The lowest BCUT2D eigenvalue weighted by molar-refractivity contribution is 0.968. The minimum Gasteiger partial charge on any atom is -0.310 e. The van der Waals surface area contributed by atoms with E-state index in [1.165, 1.54) is 71.6 Å². The van der Waals surface area contributed by atoms with Gasteiger partial charge in [-0.05, 0) is 144 Å². The van der Waals surface area contributed by atoms with Gasteiger partial charge in [0, 0.05) is 72.5 Å². The maximum atomic E-state index is 2.47. The number of fused-ring (bicyclic) bond motifs is 8. The topological polar surface area (TPSA) is 16.3 Å². The van der Waals surface area contributed by atoms with Crippen molar-refractivity contribution in [2.24, 2.45) is 0 Å². The molecule has 0 amide bonds. The van der Waals surface area contributed by atoms with Crippen molar-refractivity contribution in [3.05, 3.63) is 277 Å². The van der Waals surface area contributed by atoms with Gasteiger partial charge in [0.05, 0.1) is 27.9 Å². The van der Waals surface area contributed by atoms with Gasteiger partial charge in [0.1, 0.15) is 0 Å². The molecule has 2 heterocycles. The van der Waals surface area contributed by atoms with Crippen LogP contribution in [0.3, 0.4) is 0 Å². The van der Waals surface area contributed by atoms with E-state index in [0.29, 0.717) is 0 Å². The third-order valence-corrected chi connectivity index (χ3v) is 14.9. The molecule has 4 heteroatoms. The fourth-order valence-electron chi connectivity index (χ4n) is 11.6.